The predicted octanol–water partition coefficient (Wildman–Crippen LogP) is 5.19. The zero-order valence-corrected chi connectivity index (χ0v) is 14.5. The van der Waals surface area contributed by atoms with E-state index in [2.05, 4.69) is 27.7 Å². The smallest absolute Gasteiger partial charge is 0.0462 e. The summed E-state index contributed by atoms with van der Waals surface area (Å²) in [5.74, 6) is 3.79. The first-order chi connectivity index (χ1) is 9.96. The Morgan fingerprint density at radius 2 is 1.90 bits per heavy atom. The highest BCUT2D eigenvalue weighted by atomic mass is 16.3. The molecule has 3 rings (SSSR count). The molecular weight excluding hydrogens is 256 g/mol. The molecular formula is C20H34O. The molecule has 0 bridgehead atoms. The van der Waals surface area contributed by atoms with Crippen molar-refractivity contribution in [3.05, 3.63) is 11.1 Å². The molecule has 120 valence electrons. The highest BCUT2D eigenvalue weighted by molar-refractivity contribution is 5.30. The van der Waals surface area contributed by atoms with Crippen molar-refractivity contribution in [2.24, 2.45) is 35.0 Å². The molecule has 0 aromatic heterocycles. The zero-order valence-electron chi connectivity index (χ0n) is 14.5. The van der Waals surface area contributed by atoms with Gasteiger partial charge < -0.3 is 5.11 Å². The van der Waals surface area contributed by atoms with E-state index in [9.17, 15) is 5.11 Å². The van der Waals surface area contributed by atoms with Crippen LogP contribution in [0.3, 0.4) is 0 Å². The Morgan fingerprint density at radius 3 is 2.57 bits per heavy atom. The van der Waals surface area contributed by atoms with Crippen LogP contribution in [0.4, 0.5) is 0 Å². The van der Waals surface area contributed by atoms with Crippen LogP contribution in [0.2, 0.25) is 0 Å². The van der Waals surface area contributed by atoms with E-state index >= 15 is 0 Å². The van der Waals surface area contributed by atoms with E-state index in [0.717, 1.165) is 17.8 Å². The fraction of sp³-hybridized carbons (Fsp3) is 0.900. The molecule has 3 aliphatic carbocycles. The van der Waals surface area contributed by atoms with Gasteiger partial charge in [-0.2, -0.15) is 0 Å². The Hall–Kier alpha value is -0.300. The minimum Gasteiger partial charge on any atom is -0.396 e. The SMILES string of the molecule is CC(C)C1=C2CC[C@H](CO)[C@H]3CC[C@H](C)[C@H]3C[C@@]2(C)CC1. The van der Waals surface area contributed by atoms with Crippen LogP contribution in [0.15, 0.2) is 11.1 Å². The lowest BCUT2D eigenvalue weighted by molar-refractivity contribution is 0.0958. The van der Waals surface area contributed by atoms with E-state index < -0.39 is 0 Å². The number of aliphatic hydroxyl groups is 1. The average molecular weight is 290 g/mol. The van der Waals surface area contributed by atoms with Crippen LogP contribution in [0.1, 0.15) is 72.6 Å². The molecule has 0 aromatic carbocycles. The Bertz CT molecular complexity index is 422. The van der Waals surface area contributed by atoms with Gasteiger partial charge in [0.2, 0.25) is 0 Å². The molecule has 0 amide bonds. The number of fused-ring (bicyclic) bond motifs is 2. The average Bonchev–Trinajstić information content (AvgIpc) is 2.92. The summed E-state index contributed by atoms with van der Waals surface area (Å²) in [6, 6.07) is 0. The second kappa shape index (κ2) is 5.72. The maximum atomic E-state index is 9.90. The van der Waals surface area contributed by atoms with Crippen molar-refractivity contribution in [3.63, 3.8) is 0 Å². The van der Waals surface area contributed by atoms with Crippen molar-refractivity contribution in [1.82, 2.24) is 0 Å². The molecule has 0 radical (unpaired) electrons. The first-order valence-corrected chi connectivity index (χ1v) is 9.29. The summed E-state index contributed by atoms with van der Waals surface area (Å²) in [7, 11) is 0. The highest BCUT2D eigenvalue weighted by Crippen LogP contribution is 2.57. The lowest BCUT2D eigenvalue weighted by Crippen LogP contribution is -2.33. The first kappa shape index (κ1) is 15.6. The zero-order chi connectivity index (χ0) is 15.2. The van der Waals surface area contributed by atoms with Gasteiger partial charge in [0.05, 0.1) is 0 Å². The van der Waals surface area contributed by atoms with Gasteiger partial charge in [-0.3, -0.25) is 0 Å². The molecule has 21 heavy (non-hydrogen) atoms. The van der Waals surface area contributed by atoms with Gasteiger partial charge in [-0.15, -0.1) is 0 Å². The van der Waals surface area contributed by atoms with Gasteiger partial charge in [0, 0.05) is 6.61 Å². The van der Waals surface area contributed by atoms with Crippen molar-refractivity contribution < 1.29 is 5.11 Å². The molecule has 0 heterocycles. The lowest BCUT2D eigenvalue weighted by Gasteiger charge is -2.41. The summed E-state index contributed by atoms with van der Waals surface area (Å²) >= 11 is 0. The minimum atomic E-state index is 0.412. The molecule has 1 nitrogen and oxygen atoms in total. The van der Waals surface area contributed by atoms with Crippen molar-refractivity contribution in [2.75, 3.05) is 6.61 Å². The van der Waals surface area contributed by atoms with Crippen molar-refractivity contribution in [1.29, 1.82) is 0 Å². The monoisotopic (exact) mass is 290 g/mol. The van der Waals surface area contributed by atoms with E-state index in [0.29, 0.717) is 23.9 Å². The second-order valence-electron chi connectivity index (χ2n) is 8.79. The standard InChI is InChI=1S/C20H34O/c1-13(2)16-9-10-20(4)11-18-14(3)5-7-17(18)15(12-21)6-8-19(16)20/h13-15,17-18,21H,5-12H2,1-4H3/t14-,15+,17+,18+,20+/m0/s1. The van der Waals surface area contributed by atoms with Crippen LogP contribution in [0.25, 0.3) is 0 Å². The van der Waals surface area contributed by atoms with Gasteiger partial charge in [-0.05, 0) is 73.5 Å². The summed E-state index contributed by atoms with van der Waals surface area (Å²) in [5.41, 5.74) is 4.04. The third-order valence-electron chi connectivity index (χ3n) is 7.29. The van der Waals surface area contributed by atoms with Crippen LogP contribution >= 0.6 is 0 Å². The third-order valence-corrected chi connectivity index (χ3v) is 7.29. The molecule has 0 unspecified atom stereocenters. The minimum absolute atomic E-state index is 0.412. The Balaban J connectivity index is 1.94. The number of allylic oxidation sites excluding steroid dienone is 2. The summed E-state index contributed by atoms with van der Waals surface area (Å²) in [6.07, 6.45) is 9.34. The van der Waals surface area contributed by atoms with Gasteiger partial charge in [-0.25, -0.2) is 0 Å². The van der Waals surface area contributed by atoms with Gasteiger partial charge >= 0.3 is 0 Å². The molecule has 1 N–H and O–H groups in total. The molecule has 3 aliphatic rings. The number of hydrogen-bond donors (Lipinski definition) is 1. The molecule has 2 saturated carbocycles. The number of hydrogen-bond acceptors (Lipinski definition) is 1. The second-order valence-corrected chi connectivity index (χ2v) is 8.79. The number of aliphatic hydroxyl groups excluding tert-OH is 1. The number of rotatable bonds is 2. The van der Waals surface area contributed by atoms with E-state index in [4.69, 9.17) is 0 Å². The van der Waals surface area contributed by atoms with Gasteiger partial charge in [0.1, 0.15) is 0 Å². The van der Waals surface area contributed by atoms with E-state index in [1.807, 2.05) is 0 Å². The summed E-state index contributed by atoms with van der Waals surface area (Å²) in [4.78, 5) is 0. The van der Waals surface area contributed by atoms with Crippen LogP contribution in [0.5, 0.6) is 0 Å². The topological polar surface area (TPSA) is 20.2 Å². The largest absolute Gasteiger partial charge is 0.396 e. The van der Waals surface area contributed by atoms with Crippen molar-refractivity contribution >= 4 is 0 Å². The summed E-state index contributed by atoms with van der Waals surface area (Å²) in [5, 5.41) is 9.90. The highest BCUT2D eigenvalue weighted by Gasteiger charge is 2.47. The first-order valence-electron chi connectivity index (χ1n) is 9.29. The van der Waals surface area contributed by atoms with Crippen molar-refractivity contribution in [3.8, 4) is 0 Å². The maximum absolute atomic E-state index is 9.90. The van der Waals surface area contributed by atoms with Crippen LogP contribution in [0, 0.1) is 35.0 Å². The van der Waals surface area contributed by atoms with Crippen LogP contribution in [-0.2, 0) is 0 Å². The molecule has 2 fully saturated rings. The summed E-state index contributed by atoms with van der Waals surface area (Å²) < 4.78 is 0. The molecule has 0 aromatic rings. The maximum Gasteiger partial charge on any atom is 0.0462 e. The van der Waals surface area contributed by atoms with Gasteiger partial charge in [-0.1, -0.05) is 45.3 Å². The van der Waals surface area contributed by atoms with E-state index in [1.165, 1.54) is 44.9 Å². The third kappa shape index (κ3) is 2.60. The Labute approximate surface area is 131 Å². The van der Waals surface area contributed by atoms with Gasteiger partial charge in [0.15, 0.2) is 0 Å². The molecule has 5 atom stereocenters. The summed E-state index contributed by atoms with van der Waals surface area (Å²) in [6.45, 7) is 10.2. The fourth-order valence-electron chi connectivity index (χ4n) is 5.96. The Morgan fingerprint density at radius 1 is 1.14 bits per heavy atom. The van der Waals surface area contributed by atoms with Crippen molar-refractivity contribution in [2.45, 2.75) is 72.6 Å². The van der Waals surface area contributed by atoms with Crippen LogP contribution < -0.4 is 0 Å². The lowest BCUT2D eigenvalue weighted by atomic mass is 9.64. The molecule has 0 spiro atoms. The molecule has 0 saturated heterocycles. The molecule has 1 heteroatoms. The Kier molecular flexibility index (Phi) is 4.25. The van der Waals surface area contributed by atoms with Gasteiger partial charge in [0.25, 0.3) is 0 Å². The normalized spacial score (nSPS) is 43.7. The fourth-order valence-corrected chi connectivity index (χ4v) is 5.96. The van der Waals surface area contributed by atoms with Crippen LogP contribution in [-0.4, -0.2) is 11.7 Å². The predicted molar refractivity (Wildman–Crippen MR) is 89.0 cm³/mol. The van der Waals surface area contributed by atoms with E-state index in [-0.39, 0.29) is 0 Å². The van der Waals surface area contributed by atoms with E-state index in [1.54, 1.807) is 11.1 Å². The quantitative estimate of drug-likeness (QED) is 0.694. The molecule has 0 aliphatic heterocycles.